The summed E-state index contributed by atoms with van der Waals surface area (Å²) in [6.07, 6.45) is 0. The van der Waals surface area contributed by atoms with Gasteiger partial charge < -0.3 is 9.47 Å². The van der Waals surface area contributed by atoms with Crippen LogP contribution in [0.1, 0.15) is 16.7 Å². The second kappa shape index (κ2) is 9.75. The molecule has 3 aromatic rings. The van der Waals surface area contributed by atoms with Gasteiger partial charge in [-0.3, -0.25) is 14.5 Å². The topological polar surface area (TPSA) is 55.8 Å². The van der Waals surface area contributed by atoms with Gasteiger partial charge >= 0.3 is 0 Å². The van der Waals surface area contributed by atoms with Crippen molar-refractivity contribution in [1.82, 2.24) is 4.90 Å². The van der Waals surface area contributed by atoms with Crippen LogP contribution in [0.5, 0.6) is 11.5 Å². The molecule has 162 valence electrons. The number of amides is 2. The largest absolute Gasteiger partial charge is 0.493 e. The molecule has 32 heavy (non-hydrogen) atoms. The molecule has 2 amide bonds. The molecule has 0 bridgehead atoms. The number of carbonyl (C=O) groups is 2. The highest BCUT2D eigenvalue weighted by atomic mass is 32.2. The Morgan fingerprint density at radius 2 is 1.38 bits per heavy atom. The van der Waals surface area contributed by atoms with Crippen LogP contribution in [-0.2, 0) is 21.9 Å². The summed E-state index contributed by atoms with van der Waals surface area (Å²) >= 11 is 1.39. The van der Waals surface area contributed by atoms with E-state index in [-0.39, 0.29) is 18.4 Å². The number of nitrogens with zero attached hydrogens (tertiary/aromatic N) is 1. The molecule has 0 fully saturated rings. The van der Waals surface area contributed by atoms with Gasteiger partial charge in [0.15, 0.2) is 11.5 Å². The highest BCUT2D eigenvalue weighted by molar-refractivity contribution is 8.03. The minimum absolute atomic E-state index is 0.227. The molecule has 1 aliphatic rings. The number of ether oxygens (including phenoxy) is 2. The number of hydrogen-bond donors (Lipinski definition) is 0. The van der Waals surface area contributed by atoms with E-state index in [1.165, 1.54) is 16.7 Å². The van der Waals surface area contributed by atoms with Gasteiger partial charge in [-0.2, -0.15) is 0 Å². The summed E-state index contributed by atoms with van der Waals surface area (Å²) in [7, 11) is 3.11. The van der Waals surface area contributed by atoms with E-state index < -0.39 is 0 Å². The molecule has 0 spiro atoms. The molecule has 1 heterocycles. The molecule has 0 radical (unpaired) electrons. The Kier molecular flexibility index (Phi) is 6.61. The van der Waals surface area contributed by atoms with E-state index >= 15 is 0 Å². The summed E-state index contributed by atoms with van der Waals surface area (Å²) in [5.41, 5.74) is 3.01. The number of methoxy groups -OCH3 is 2. The third-order valence-electron chi connectivity index (χ3n) is 5.21. The van der Waals surface area contributed by atoms with E-state index in [0.717, 1.165) is 11.1 Å². The Labute approximate surface area is 191 Å². The Bertz CT molecular complexity index is 1160. The van der Waals surface area contributed by atoms with Crippen LogP contribution >= 0.6 is 11.8 Å². The first-order valence-electron chi connectivity index (χ1n) is 10.2. The van der Waals surface area contributed by atoms with Crippen molar-refractivity contribution in [3.8, 4) is 11.5 Å². The van der Waals surface area contributed by atoms with Gasteiger partial charge in [-0.05, 0) is 28.8 Å². The molecule has 0 saturated carbocycles. The zero-order valence-electron chi connectivity index (χ0n) is 17.9. The number of thioether (sulfide) groups is 1. The lowest BCUT2D eigenvalue weighted by atomic mass is 10.1. The van der Waals surface area contributed by atoms with Crippen LogP contribution in [0, 0.1) is 0 Å². The molecular weight excluding hydrogens is 422 g/mol. The highest BCUT2D eigenvalue weighted by Gasteiger charge is 2.39. The standard InChI is InChI=1S/C26H23NO4S/c1-30-21-14-13-20(15-22(21)31-2)23-24(32-17-19-11-7-4-8-12-19)26(29)27(25(23)28)16-18-9-5-3-6-10-18/h3-15H,16-17H2,1-2H3. The third-order valence-corrected chi connectivity index (χ3v) is 6.35. The zero-order valence-corrected chi connectivity index (χ0v) is 18.7. The first kappa shape index (κ1) is 21.7. The van der Waals surface area contributed by atoms with Gasteiger partial charge in [-0.15, -0.1) is 11.8 Å². The van der Waals surface area contributed by atoms with Crippen molar-refractivity contribution in [3.63, 3.8) is 0 Å². The van der Waals surface area contributed by atoms with Gasteiger partial charge in [0.05, 0.1) is 31.2 Å². The Balaban J connectivity index is 1.72. The van der Waals surface area contributed by atoms with Crippen molar-refractivity contribution in [2.24, 2.45) is 0 Å². The van der Waals surface area contributed by atoms with E-state index in [2.05, 4.69) is 0 Å². The molecule has 1 aliphatic heterocycles. The average molecular weight is 446 g/mol. The van der Waals surface area contributed by atoms with Gasteiger partial charge in [0.25, 0.3) is 11.8 Å². The van der Waals surface area contributed by atoms with E-state index in [4.69, 9.17) is 9.47 Å². The minimum Gasteiger partial charge on any atom is -0.493 e. The van der Waals surface area contributed by atoms with E-state index in [9.17, 15) is 9.59 Å². The van der Waals surface area contributed by atoms with Crippen LogP contribution < -0.4 is 9.47 Å². The molecular formula is C26H23NO4S. The normalized spacial score (nSPS) is 13.6. The number of benzene rings is 3. The fourth-order valence-electron chi connectivity index (χ4n) is 3.57. The highest BCUT2D eigenvalue weighted by Crippen LogP contribution is 2.40. The zero-order chi connectivity index (χ0) is 22.5. The van der Waals surface area contributed by atoms with Crippen LogP contribution in [0.3, 0.4) is 0 Å². The molecule has 0 atom stereocenters. The predicted molar refractivity (Wildman–Crippen MR) is 126 cm³/mol. The van der Waals surface area contributed by atoms with Crippen LogP contribution in [0.15, 0.2) is 83.8 Å². The number of carbonyl (C=O) groups excluding carboxylic acids is 2. The van der Waals surface area contributed by atoms with E-state index in [0.29, 0.717) is 33.3 Å². The molecule has 5 nitrogen and oxygen atoms in total. The molecule has 0 N–H and O–H groups in total. The maximum Gasteiger partial charge on any atom is 0.268 e. The maximum absolute atomic E-state index is 13.5. The molecule has 0 aliphatic carbocycles. The fourth-order valence-corrected chi connectivity index (χ4v) is 4.66. The first-order valence-corrected chi connectivity index (χ1v) is 11.1. The minimum atomic E-state index is -0.304. The lowest BCUT2D eigenvalue weighted by molar-refractivity contribution is -0.137. The summed E-state index contributed by atoms with van der Waals surface area (Å²) in [5.74, 6) is 1.08. The number of rotatable bonds is 8. The van der Waals surface area contributed by atoms with Crippen LogP contribution in [0.4, 0.5) is 0 Å². The maximum atomic E-state index is 13.5. The van der Waals surface area contributed by atoms with Crippen LogP contribution in [-0.4, -0.2) is 30.9 Å². The van der Waals surface area contributed by atoms with Crippen molar-refractivity contribution in [2.45, 2.75) is 12.3 Å². The summed E-state index contributed by atoms with van der Waals surface area (Å²) in [6.45, 7) is 0.227. The van der Waals surface area contributed by atoms with E-state index in [1.807, 2.05) is 60.7 Å². The van der Waals surface area contributed by atoms with Gasteiger partial charge in [0.1, 0.15) is 0 Å². The van der Waals surface area contributed by atoms with E-state index in [1.54, 1.807) is 32.4 Å². The Morgan fingerprint density at radius 3 is 2.00 bits per heavy atom. The van der Waals surface area contributed by atoms with Gasteiger partial charge in [-0.1, -0.05) is 66.7 Å². The summed E-state index contributed by atoms with van der Waals surface area (Å²) < 4.78 is 10.7. The average Bonchev–Trinajstić information content (AvgIpc) is 3.07. The van der Waals surface area contributed by atoms with Crippen LogP contribution in [0.2, 0.25) is 0 Å². The summed E-state index contributed by atoms with van der Waals surface area (Å²) in [4.78, 5) is 28.6. The first-order chi connectivity index (χ1) is 15.6. The predicted octanol–water partition coefficient (Wildman–Crippen LogP) is 4.92. The number of hydrogen-bond acceptors (Lipinski definition) is 5. The molecule has 0 aromatic heterocycles. The summed E-state index contributed by atoms with van der Waals surface area (Å²) in [6, 6.07) is 24.7. The lowest BCUT2D eigenvalue weighted by Gasteiger charge is -2.15. The molecule has 4 rings (SSSR count). The van der Waals surface area contributed by atoms with Gasteiger partial charge in [-0.25, -0.2) is 0 Å². The monoisotopic (exact) mass is 445 g/mol. The van der Waals surface area contributed by atoms with Crippen molar-refractivity contribution < 1.29 is 19.1 Å². The SMILES string of the molecule is COc1ccc(C2=C(SCc3ccccc3)C(=O)N(Cc3ccccc3)C2=O)cc1OC. The quantitative estimate of drug-likeness (QED) is 0.461. The second-order valence-corrected chi connectivity index (χ2v) is 8.22. The Hall–Kier alpha value is -3.51. The fraction of sp³-hybridized carbons (Fsp3) is 0.154. The molecule has 0 unspecified atom stereocenters. The van der Waals surface area contributed by atoms with Gasteiger partial charge in [0.2, 0.25) is 0 Å². The molecule has 3 aromatic carbocycles. The van der Waals surface area contributed by atoms with Gasteiger partial charge in [0, 0.05) is 5.75 Å². The third kappa shape index (κ3) is 4.41. The lowest BCUT2D eigenvalue weighted by Crippen LogP contribution is -2.30. The second-order valence-electron chi connectivity index (χ2n) is 7.23. The van der Waals surface area contributed by atoms with Crippen molar-refractivity contribution in [3.05, 3.63) is 100 Å². The van der Waals surface area contributed by atoms with Crippen LogP contribution in [0.25, 0.3) is 5.57 Å². The van der Waals surface area contributed by atoms with Crippen molar-refractivity contribution >= 4 is 29.1 Å². The smallest absolute Gasteiger partial charge is 0.268 e. The summed E-state index contributed by atoms with van der Waals surface area (Å²) in [5, 5.41) is 0. The molecule has 6 heteroatoms. The van der Waals surface area contributed by atoms with Crippen molar-refractivity contribution in [1.29, 1.82) is 0 Å². The number of imide groups is 1. The van der Waals surface area contributed by atoms with Crippen molar-refractivity contribution in [2.75, 3.05) is 14.2 Å². The molecule has 0 saturated heterocycles. The Morgan fingerprint density at radius 1 is 0.750 bits per heavy atom.